The van der Waals surface area contributed by atoms with E-state index in [1.54, 1.807) is 45.2 Å². The summed E-state index contributed by atoms with van der Waals surface area (Å²) in [6, 6.07) is 6.97. The van der Waals surface area contributed by atoms with Gasteiger partial charge in [0.15, 0.2) is 0 Å². The molecule has 0 spiro atoms. The van der Waals surface area contributed by atoms with Crippen LogP contribution in [0.5, 0.6) is 5.75 Å². The van der Waals surface area contributed by atoms with Crippen LogP contribution < -0.4 is 10.5 Å². The fraction of sp³-hybridized carbons (Fsp3) is 0.350. The molecule has 0 fully saturated rings. The van der Waals surface area contributed by atoms with Crippen LogP contribution in [0.4, 0.5) is 5.00 Å². The first-order chi connectivity index (χ1) is 13.9. The Morgan fingerprint density at radius 3 is 2.17 bits per heavy atom. The Morgan fingerprint density at radius 2 is 1.59 bits per heavy atom. The van der Waals surface area contributed by atoms with E-state index in [1.807, 2.05) is 0 Å². The molecule has 0 atom stereocenters. The molecule has 0 saturated heterocycles. The molecule has 9 heteroatoms. The maximum Gasteiger partial charge on any atom is 0.348 e. The van der Waals surface area contributed by atoms with Gasteiger partial charge < -0.3 is 24.7 Å². The van der Waals surface area contributed by atoms with Crippen molar-refractivity contribution >= 4 is 34.2 Å². The highest BCUT2D eigenvalue weighted by atomic mass is 32.1. The number of ether oxygens (including phenoxy) is 4. The van der Waals surface area contributed by atoms with Gasteiger partial charge in [-0.15, -0.1) is 11.3 Å². The molecular weight excluding hydrogens is 398 g/mol. The second kappa shape index (κ2) is 10.5. The summed E-state index contributed by atoms with van der Waals surface area (Å²) in [4.78, 5) is 36.9. The quantitative estimate of drug-likeness (QED) is 0.485. The van der Waals surface area contributed by atoms with Gasteiger partial charge in [0.1, 0.15) is 27.8 Å². The molecule has 8 nitrogen and oxygen atoms in total. The smallest absolute Gasteiger partial charge is 0.348 e. The van der Waals surface area contributed by atoms with E-state index in [1.165, 1.54) is 0 Å². The standard InChI is InChI=1S/C20H23NO7S/c1-4-26-19(23)16-14(17(29-18(16)21)20(24)27-5-2)11-28-15(22)10-12-6-8-13(25-3)9-7-12/h6-9H,4-5,10-11,21H2,1-3H3. The van der Waals surface area contributed by atoms with Gasteiger partial charge in [0.25, 0.3) is 0 Å². The van der Waals surface area contributed by atoms with Crippen molar-refractivity contribution in [1.29, 1.82) is 0 Å². The molecule has 29 heavy (non-hydrogen) atoms. The van der Waals surface area contributed by atoms with Crippen LogP contribution in [0.2, 0.25) is 0 Å². The molecule has 0 radical (unpaired) electrons. The number of rotatable bonds is 9. The topological polar surface area (TPSA) is 114 Å². The molecule has 2 aromatic rings. The summed E-state index contributed by atoms with van der Waals surface area (Å²) in [5.74, 6) is -1.17. The molecule has 0 amide bonds. The van der Waals surface area contributed by atoms with Crippen molar-refractivity contribution in [2.75, 3.05) is 26.1 Å². The third-order valence-corrected chi connectivity index (χ3v) is 4.90. The minimum atomic E-state index is -0.682. The van der Waals surface area contributed by atoms with Gasteiger partial charge in [-0.25, -0.2) is 9.59 Å². The molecule has 0 saturated carbocycles. The number of nitrogen functional groups attached to an aromatic ring is 1. The molecule has 1 heterocycles. The summed E-state index contributed by atoms with van der Waals surface area (Å²) in [5.41, 5.74) is 6.87. The fourth-order valence-corrected chi connectivity index (χ4v) is 3.48. The second-order valence-electron chi connectivity index (χ2n) is 5.78. The van der Waals surface area contributed by atoms with E-state index in [0.717, 1.165) is 16.9 Å². The lowest BCUT2D eigenvalue weighted by atomic mass is 10.1. The number of anilines is 1. The van der Waals surface area contributed by atoms with E-state index in [2.05, 4.69) is 0 Å². The van der Waals surface area contributed by atoms with E-state index in [4.69, 9.17) is 24.7 Å². The van der Waals surface area contributed by atoms with E-state index in [-0.39, 0.29) is 47.2 Å². The van der Waals surface area contributed by atoms with Crippen LogP contribution in [0, 0.1) is 0 Å². The molecule has 2 N–H and O–H groups in total. The largest absolute Gasteiger partial charge is 0.497 e. The van der Waals surface area contributed by atoms with E-state index < -0.39 is 17.9 Å². The van der Waals surface area contributed by atoms with Crippen molar-refractivity contribution in [3.8, 4) is 5.75 Å². The van der Waals surface area contributed by atoms with Gasteiger partial charge in [-0.2, -0.15) is 0 Å². The van der Waals surface area contributed by atoms with Crippen molar-refractivity contribution in [2.45, 2.75) is 26.9 Å². The third-order valence-electron chi connectivity index (χ3n) is 3.86. The molecule has 0 aliphatic heterocycles. The minimum absolute atomic E-state index is 0.0209. The normalized spacial score (nSPS) is 10.3. The maximum absolute atomic E-state index is 12.3. The van der Waals surface area contributed by atoms with Crippen molar-refractivity contribution in [1.82, 2.24) is 0 Å². The first-order valence-corrected chi connectivity index (χ1v) is 9.76. The lowest BCUT2D eigenvalue weighted by molar-refractivity contribution is -0.144. The molecule has 0 aliphatic carbocycles. The lowest BCUT2D eigenvalue weighted by Gasteiger charge is -2.09. The lowest BCUT2D eigenvalue weighted by Crippen LogP contribution is -2.14. The van der Waals surface area contributed by atoms with Crippen LogP contribution >= 0.6 is 11.3 Å². The van der Waals surface area contributed by atoms with Gasteiger partial charge in [0.2, 0.25) is 0 Å². The van der Waals surface area contributed by atoms with Gasteiger partial charge in [-0.1, -0.05) is 12.1 Å². The van der Waals surface area contributed by atoms with Crippen molar-refractivity contribution in [3.05, 3.63) is 45.8 Å². The number of thiophene rings is 1. The third kappa shape index (κ3) is 5.71. The molecule has 0 unspecified atom stereocenters. The van der Waals surface area contributed by atoms with Gasteiger partial charge in [-0.05, 0) is 31.5 Å². The zero-order valence-corrected chi connectivity index (χ0v) is 17.3. The summed E-state index contributed by atoms with van der Waals surface area (Å²) >= 11 is 0.900. The highest BCUT2D eigenvalue weighted by Gasteiger charge is 2.28. The van der Waals surface area contributed by atoms with Crippen molar-refractivity contribution < 1.29 is 33.3 Å². The van der Waals surface area contributed by atoms with Gasteiger partial charge >= 0.3 is 17.9 Å². The van der Waals surface area contributed by atoms with Crippen LogP contribution in [-0.2, 0) is 32.0 Å². The molecule has 156 valence electrons. The number of esters is 3. The molecular formula is C20H23NO7S. The summed E-state index contributed by atoms with van der Waals surface area (Å²) in [6.07, 6.45) is 0.0209. The molecule has 1 aromatic carbocycles. The SMILES string of the molecule is CCOC(=O)c1sc(N)c(C(=O)OCC)c1COC(=O)Cc1ccc(OC)cc1. The summed E-state index contributed by atoms with van der Waals surface area (Å²) < 4.78 is 20.4. The number of carbonyl (C=O) groups is 3. The Bertz CT molecular complexity index is 874. The summed E-state index contributed by atoms with van der Waals surface area (Å²) in [7, 11) is 1.55. The fourth-order valence-electron chi connectivity index (χ4n) is 2.52. The zero-order valence-electron chi connectivity index (χ0n) is 16.5. The minimum Gasteiger partial charge on any atom is -0.497 e. The Morgan fingerprint density at radius 1 is 0.966 bits per heavy atom. The Hall–Kier alpha value is -3.07. The Balaban J connectivity index is 2.18. The van der Waals surface area contributed by atoms with Crippen LogP contribution in [0.15, 0.2) is 24.3 Å². The van der Waals surface area contributed by atoms with Crippen molar-refractivity contribution in [3.63, 3.8) is 0 Å². The van der Waals surface area contributed by atoms with Gasteiger partial charge in [0, 0.05) is 5.56 Å². The predicted octanol–water partition coefficient (Wildman–Crippen LogP) is 2.98. The molecule has 2 rings (SSSR count). The van der Waals surface area contributed by atoms with Gasteiger partial charge in [-0.3, -0.25) is 4.79 Å². The monoisotopic (exact) mass is 421 g/mol. The number of carbonyl (C=O) groups excluding carboxylic acids is 3. The van der Waals surface area contributed by atoms with Crippen LogP contribution in [0.3, 0.4) is 0 Å². The van der Waals surface area contributed by atoms with E-state index in [0.29, 0.717) is 5.75 Å². The summed E-state index contributed by atoms with van der Waals surface area (Å²) in [6.45, 7) is 3.31. The highest BCUT2D eigenvalue weighted by Crippen LogP contribution is 2.33. The number of hydrogen-bond acceptors (Lipinski definition) is 9. The zero-order chi connectivity index (χ0) is 21.4. The first-order valence-electron chi connectivity index (χ1n) is 8.95. The molecule has 1 aromatic heterocycles. The summed E-state index contributed by atoms with van der Waals surface area (Å²) in [5, 5.41) is 0.104. The van der Waals surface area contributed by atoms with Crippen LogP contribution in [0.1, 0.15) is 45.0 Å². The maximum atomic E-state index is 12.3. The first kappa shape index (κ1) is 22.2. The van der Waals surface area contributed by atoms with Gasteiger partial charge in [0.05, 0.1) is 26.7 Å². The Labute approximate surface area is 172 Å². The molecule has 0 aliphatic rings. The average molecular weight is 421 g/mol. The number of nitrogens with two attached hydrogens (primary N) is 1. The number of hydrogen-bond donors (Lipinski definition) is 1. The van der Waals surface area contributed by atoms with Crippen molar-refractivity contribution in [2.24, 2.45) is 0 Å². The number of benzene rings is 1. The Kier molecular flexibility index (Phi) is 8.02. The number of methoxy groups -OCH3 is 1. The van der Waals surface area contributed by atoms with Crippen LogP contribution in [-0.4, -0.2) is 38.2 Å². The highest BCUT2D eigenvalue weighted by molar-refractivity contribution is 7.18. The van der Waals surface area contributed by atoms with E-state index >= 15 is 0 Å². The molecule has 0 bridgehead atoms. The second-order valence-corrected chi connectivity index (χ2v) is 6.83. The average Bonchev–Trinajstić information content (AvgIpc) is 3.03. The predicted molar refractivity (Wildman–Crippen MR) is 107 cm³/mol. The van der Waals surface area contributed by atoms with Crippen LogP contribution in [0.25, 0.3) is 0 Å². The van der Waals surface area contributed by atoms with E-state index in [9.17, 15) is 14.4 Å².